The third-order valence-corrected chi connectivity index (χ3v) is 6.51. The Kier molecular flexibility index (Phi) is 4.86. The van der Waals surface area contributed by atoms with E-state index in [9.17, 15) is 0 Å². The van der Waals surface area contributed by atoms with Crippen molar-refractivity contribution in [1.29, 1.82) is 0 Å². The molecule has 2 aromatic rings. The van der Waals surface area contributed by atoms with E-state index in [2.05, 4.69) is 24.3 Å². The Morgan fingerprint density at radius 1 is 0.514 bits per heavy atom. The van der Waals surface area contributed by atoms with Gasteiger partial charge in [0.05, 0.1) is 45.6 Å². The molecule has 2 aromatic carbocycles. The van der Waals surface area contributed by atoms with E-state index < -0.39 is 0 Å². The molecule has 0 spiro atoms. The number of allylic oxidation sites excluding steroid dienone is 12. The molecule has 0 fully saturated rings. The number of nitrogens with zero attached hydrogens (tertiary/aromatic N) is 4. The van der Waals surface area contributed by atoms with Crippen LogP contribution in [0, 0.1) is 0 Å². The van der Waals surface area contributed by atoms with Crippen molar-refractivity contribution in [3.05, 3.63) is 144 Å². The van der Waals surface area contributed by atoms with Crippen molar-refractivity contribution in [1.82, 2.24) is 0 Å². The first-order chi connectivity index (χ1) is 18.2. The number of nitrogens with two attached hydrogens (primary N) is 1. The van der Waals surface area contributed by atoms with E-state index >= 15 is 0 Å². The van der Waals surface area contributed by atoms with E-state index in [1.54, 1.807) is 0 Å². The van der Waals surface area contributed by atoms with Gasteiger partial charge in [-0.05, 0) is 90.1 Å². The number of anilines is 1. The molecular weight excluding hydrogens is 454 g/mol. The molecule has 0 aromatic heterocycles. The zero-order chi connectivity index (χ0) is 24.8. The largest absolute Gasteiger partial charge is 0.398 e. The van der Waals surface area contributed by atoms with Crippen molar-refractivity contribution in [3.8, 4) is 11.1 Å². The summed E-state index contributed by atoms with van der Waals surface area (Å²) in [4.78, 5) is 19.4. The number of hydrogen-bond acceptors (Lipinski definition) is 5. The van der Waals surface area contributed by atoms with Crippen molar-refractivity contribution in [3.63, 3.8) is 0 Å². The van der Waals surface area contributed by atoms with E-state index in [1.807, 2.05) is 91.1 Å². The lowest BCUT2D eigenvalue weighted by atomic mass is 9.94. The summed E-state index contributed by atoms with van der Waals surface area (Å²) < 4.78 is 0. The number of benzene rings is 2. The average Bonchev–Trinajstić information content (AvgIpc) is 3.71. The van der Waals surface area contributed by atoms with E-state index in [0.717, 1.165) is 73.6 Å². The highest BCUT2D eigenvalue weighted by Crippen LogP contribution is 2.33. The van der Waals surface area contributed by atoms with Crippen LogP contribution in [0.2, 0.25) is 0 Å². The Morgan fingerprint density at radius 3 is 1.89 bits per heavy atom. The van der Waals surface area contributed by atoms with Gasteiger partial charge in [0.1, 0.15) is 0 Å². The molecule has 0 unspecified atom stereocenters. The van der Waals surface area contributed by atoms with Crippen LogP contribution < -0.4 is 5.73 Å². The molecule has 2 N–H and O–H groups in total. The maximum Gasteiger partial charge on any atom is 0.0737 e. The summed E-state index contributed by atoms with van der Waals surface area (Å²) in [7, 11) is 0. The van der Waals surface area contributed by atoms with Gasteiger partial charge in [-0.2, -0.15) is 0 Å². The maximum atomic E-state index is 6.30. The lowest BCUT2D eigenvalue weighted by molar-refractivity contribution is 1.41. The van der Waals surface area contributed by atoms with Crippen LogP contribution in [-0.4, -0.2) is 22.8 Å². The SMILES string of the molecule is Nc1ccccc1-c1cccc(C2=C3C=CC(=N3)C=C3C=CC(=N3)C=C3C=CC(=N3)C=C3C=CC2=N3)c1. The molecule has 0 amide bonds. The van der Waals surface area contributed by atoms with Gasteiger partial charge >= 0.3 is 0 Å². The Labute approximate surface area is 214 Å². The summed E-state index contributed by atoms with van der Waals surface area (Å²) in [5, 5.41) is 0. The molecule has 5 heteroatoms. The van der Waals surface area contributed by atoms with Gasteiger partial charge in [0.2, 0.25) is 0 Å². The predicted octanol–water partition coefficient (Wildman–Crippen LogP) is 6.36. The van der Waals surface area contributed by atoms with Crippen molar-refractivity contribution in [2.24, 2.45) is 20.0 Å². The summed E-state index contributed by atoms with van der Waals surface area (Å²) in [6, 6.07) is 16.3. The van der Waals surface area contributed by atoms with Crippen LogP contribution in [0.25, 0.3) is 16.7 Å². The number of fused-ring (bicyclic) bond motifs is 4. The van der Waals surface area contributed by atoms with Crippen LogP contribution in [0.15, 0.2) is 158 Å². The first-order valence-corrected chi connectivity index (χ1v) is 12.1. The molecule has 7 rings (SSSR count). The Hall–Kier alpha value is -5.16. The van der Waals surface area contributed by atoms with Crippen LogP contribution in [-0.2, 0) is 0 Å². The molecule has 8 bridgehead atoms. The molecule has 0 saturated carbocycles. The van der Waals surface area contributed by atoms with Crippen molar-refractivity contribution >= 4 is 34.1 Å². The summed E-state index contributed by atoms with van der Waals surface area (Å²) in [6.45, 7) is 0. The van der Waals surface area contributed by atoms with Crippen LogP contribution in [0.4, 0.5) is 5.69 Å². The minimum atomic E-state index is 0.745. The lowest BCUT2D eigenvalue weighted by Gasteiger charge is -2.12. The van der Waals surface area contributed by atoms with E-state index in [-0.39, 0.29) is 0 Å². The molecular formula is C32H21N5. The average molecular weight is 476 g/mol. The van der Waals surface area contributed by atoms with Crippen LogP contribution in [0.1, 0.15) is 5.56 Å². The third kappa shape index (κ3) is 4.02. The molecule has 174 valence electrons. The molecule has 5 aliphatic rings. The number of para-hydroxylation sites is 1. The van der Waals surface area contributed by atoms with Crippen molar-refractivity contribution in [2.75, 3.05) is 5.73 Å². The van der Waals surface area contributed by atoms with Gasteiger partial charge in [-0.15, -0.1) is 0 Å². The molecule has 0 radical (unpaired) electrons. The maximum absolute atomic E-state index is 6.30. The van der Waals surface area contributed by atoms with Gasteiger partial charge in [0.15, 0.2) is 0 Å². The van der Waals surface area contributed by atoms with Crippen molar-refractivity contribution < 1.29 is 0 Å². The van der Waals surface area contributed by atoms with E-state index in [0.29, 0.717) is 0 Å². The van der Waals surface area contributed by atoms with Gasteiger partial charge in [0.25, 0.3) is 0 Å². The molecule has 5 nitrogen and oxygen atoms in total. The monoisotopic (exact) mass is 475 g/mol. The van der Waals surface area contributed by atoms with Gasteiger partial charge in [0, 0.05) is 16.8 Å². The second-order valence-corrected chi connectivity index (χ2v) is 9.08. The van der Waals surface area contributed by atoms with Gasteiger partial charge < -0.3 is 5.73 Å². The summed E-state index contributed by atoms with van der Waals surface area (Å²) in [5.41, 5.74) is 17.9. The quantitative estimate of drug-likeness (QED) is 0.505. The van der Waals surface area contributed by atoms with Crippen LogP contribution >= 0.6 is 0 Å². The number of aliphatic imine (C=N–C) groups is 4. The smallest absolute Gasteiger partial charge is 0.0737 e. The highest BCUT2D eigenvalue weighted by molar-refractivity contribution is 6.32. The summed E-state index contributed by atoms with van der Waals surface area (Å²) in [5.74, 6) is 0. The minimum Gasteiger partial charge on any atom is -0.398 e. The van der Waals surface area contributed by atoms with E-state index in [4.69, 9.17) is 25.7 Å². The van der Waals surface area contributed by atoms with Gasteiger partial charge in [-0.25, -0.2) is 20.0 Å². The molecule has 5 heterocycles. The zero-order valence-corrected chi connectivity index (χ0v) is 19.8. The molecule has 0 aliphatic carbocycles. The lowest BCUT2D eigenvalue weighted by Crippen LogP contribution is -2.00. The Morgan fingerprint density at radius 2 is 1.14 bits per heavy atom. The summed E-state index contributed by atoms with van der Waals surface area (Å²) in [6.07, 6.45) is 22.1. The second-order valence-electron chi connectivity index (χ2n) is 9.08. The van der Waals surface area contributed by atoms with E-state index in [1.165, 1.54) is 0 Å². The molecule has 0 saturated heterocycles. The zero-order valence-electron chi connectivity index (χ0n) is 19.8. The second kappa shape index (κ2) is 8.50. The van der Waals surface area contributed by atoms with Crippen LogP contribution in [0.5, 0.6) is 0 Å². The standard InChI is InChI=1S/C32H21N5/c33-29-7-2-1-6-28(29)20-4-3-5-21(16-20)32-30-14-12-26(36-30)18-24-10-8-22(34-24)17-23-9-11-25(35-23)19-27-13-15-31(32)37-27/h1-19H,33H2. The third-order valence-electron chi connectivity index (χ3n) is 6.51. The molecule has 5 aliphatic heterocycles. The fourth-order valence-electron chi connectivity index (χ4n) is 4.79. The fraction of sp³-hybridized carbons (Fsp3) is 0. The topological polar surface area (TPSA) is 75.5 Å². The van der Waals surface area contributed by atoms with Crippen LogP contribution in [0.3, 0.4) is 0 Å². The fourth-order valence-corrected chi connectivity index (χ4v) is 4.79. The highest BCUT2D eigenvalue weighted by atomic mass is 14.8. The first kappa shape index (κ1) is 21.1. The highest BCUT2D eigenvalue weighted by Gasteiger charge is 2.20. The molecule has 37 heavy (non-hydrogen) atoms. The normalized spacial score (nSPS) is 19.0. The number of rotatable bonds is 2. The van der Waals surface area contributed by atoms with Gasteiger partial charge in [-0.3, -0.25) is 0 Å². The number of hydrogen-bond donors (Lipinski definition) is 1. The Balaban J connectivity index is 1.41. The summed E-state index contributed by atoms with van der Waals surface area (Å²) >= 11 is 0. The number of nitrogen functional groups attached to an aromatic ring is 1. The first-order valence-electron chi connectivity index (χ1n) is 12.1. The minimum absolute atomic E-state index is 0.745. The van der Waals surface area contributed by atoms with Gasteiger partial charge in [-0.1, -0.05) is 36.4 Å². The van der Waals surface area contributed by atoms with Crippen molar-refractivity contribution in [2.45, 2.75) is 0 Å². The Bertz CT molecular complexity index is 1760. The molecule has 0 atom stereocenters. The predicted molar refractivity (Wildman–Crippen MR) is 154 cm³/mol.